The number of rotatable bonds is 5. The molecule has 8 heteroatoms. The van der Waals surface area contributed by atoms with E-state index in [4.69, 9.17) is 25.8 Å². The first kappa shape index (κ1) is 19.7. The van der Waals surface area contributed by atoms with Crippen LogP contribution >= 0.6 is 11.6 Å². The first-order valence-corrected chi connectivity index (χ1v) is 10.0. The summed E-state index contributed by atoms with van der Waals surface area (Å²) in [6, 6.07) is 13.0. The molecule has 0 bridgehead atoms. The molecule has 2 aromatic carbocycles. The molecule has 2 aliphatic rings. The maximum absolute atomic E-state index is 12.5. The van der Waals surface area contributed by atoms with Gasteiger partial charge in [0.1, 0.15) is 5.75 Å². The zero-order chi connectivity index (χ0) is 20.2. The predicted molar refractivity (Wildman–Crippen MR) is 109 cm³/mol. The second kappa shape index (κ2) is 8.80. The van der Waals surface area contributed by atoms with E-state index in [1.54, 1.807) is 24.3 Å². The van der Waals surface area contributed by atoms with E-state index in [1.807, 2.05) is 24.0 Å². The van der Waals surface area contributed by atoms with Gasteiger partial charge in [0.05, 0.1) is 0 Å². The number of benzene rings is 2. The first-order valence-electron chi connectivity index (χ1n) is 9.65. The largest absolute Gasteiger partial charge is 0.471 e. The first-order chi connectivity index (χ1) is 14.1. The number of carbonyl (C=O) groups excluding carboxylic acids is 1. The number of urea groups is 1. The Morgan fingerprint density at radius 2 is 1.83 bits per heavy atom. The maximum Gasteiger partial charge on any atom is 0.320 e. The molecule has 4 rings (SSSR count). The number of hydrogen-bond acceptors (Lipinski definition) is 5. The second-order valence-corrected chi connectivity index (χ2v) is 7.55. The molecular weight excluding hydrogens is 394 g/mol. The van der Waals surface area contributed by atoms with Gasteiger partial charge in [0.25, 0.3) is 0 Å². The zero-order valence-electron chi connectivity index (χ0n) is 16.3. The smallest absolute Gasteiger partial charge is 0.320 e. The molecule has 0 spiro atoms. The van der Waals surface area contributed by atoms with Gasteiger partial charge in [-0.2, -0.15) is 0 Å². The van der Waals surface area contributed by atoms with Gasteiger partial charge in [0.15, 0.2) is 17.7 Å². The van der Waals surface area contributed by atoms with Crippen molar-refractivity contribution < 1.29 is 19.0 Å². The lowest BCUT2D eigenvalue weighted by molar-refractivity contribution is 0.118. The average molecular weight is 418 g/mol. The summed E-state index contributed by atoms with van der Waals surface area (Å²) >= 11 is 5.87. The van der Waals surface area contributed by atoms with Crippen molar-refractivity contribution in [2.75, 3.05) is 33.0 Å². The molecule has 7 nitrogen and oxygen atoms in total. The standard InChI is InChI=1S/C21H24ClN3O4/c1-15(29-18-5-3-17(22)4-6-18)23-21(26)25-10-8-24(9-11-25)13-16-2-7-19-20(12-16)28-14-27-19/h2-7,12,15H,8-11,13-14H2,1H3,(H,23,26). The van der Waals surface area contributed by atoms with Crippen LogP contribution in [0.25, 0.3) is 0 Å². The molecule has 2 amide bonds. The minimum atomic E-state index is -0.435. The molecule has 1 N–H and O–H groups in total. The fourth-order valence-electron chi connectivity index (χ4n) is 3.42. The molecule has 2 aromatic rings. The van der Waals surface area contributed by atoms with E-state index in [1.165, 1.54) is 5.56 Å². The lowest BCUT2D eigenvalue weighted by Crippen LogP contribution is -2.53. The number of nitrogens with one attached hydrogen (secondary N) is 1. The number of amides is 2. The molecule has 1 fully saturated rings. The number of fused-ring (bicyclic) bond motifs is 1. The van der Waals surface area contributed by atoms with E-state index in [2.05, 4.69) is 16.3 Å². The molecule has 2 aliphatic heterocycles. The minimum absolute atomic E-state index is 0.116. The third-order valence-electron chi connectivity index (χ3n) is 4.96. The van der Waals surface area contributed by atoms with Gasteiger partial charge in [0.2, 0.25) is 6.79 Å². The van der Waals surface area contributed by atoms with Crippen LogP contribution in [0.1, 0.15) is 12.5 Å². The van der Waals surface area contributed by atoms with E-state index >= 15 is 0 Å². The van der Waals surface area contributed by atoms with Gasteiger partial charge in [0, 0.05) is 37.7 Å². The van der Waals surface area contributed by atoms with Crippen molar-refractivity contribution in [2.24, 2.45) is 0 Å². The van der Waals surface area contributed by atoms with E-state index in [-0.39, 0.29) is 12.8 Å². The number of ether oxygens (including phenoxy) is 3. The van der Waals surface area contributed by atoms with Crippen LogP contribution in [0.3, 0.4) is 0 Å². The van der Waals surface area contributed by atoms with Gasteiger partial charge in [-0.25, -0.2) is 4.79 Å². The summed E-state index contributed by atoms with van der Waals surface area (Å²) in [6.07, 6.45) is -0.435. The van der Waals surface area contributed by atoms with Crippen LogP contribution < -0.4 is 19.5 Å². The monoisotopic (exact) mass is 417 g/mol. The topological polar surface area (TPSA) is 63.3 Å². The van der Waals surface area contributed by atoms with Crippen LogP contribution in [-0.2, 0) is 6.54 Å². The molecule has 2 heterocycles. The van der Waals surface area contributed by atoms with Gasteiger partial charge >= 0.3 is 6.03 Å². The Bertz CT molecular complexity index is 854. The highest BCUT2D eigenvalue weighted by Gasteiger charge is 2.23. The lowest BCUT2D eigenvalue weighted by atomic mass is 10.1. The van der Waals surface area contributed by atoms with Gasteiger partial charge in [-0.3, -0.25) is 4.90 Å². The fourth-order valence-corrected chi connectivity index (χ4v) is 3.54. The highest BCUT2D eigenvalue weighted by atomic mass is 35.5. The Labute approximate surface area is 175 Å². The fraction of sp³-hybridized carbons (Fsp3) is 0.381. The molecule has 0 aliphatic carbocycles. The maximum atomic E-state index is 12.5. The van der Waals surface area contributed by atoms with Crippen molar-refractivity contribution in [3.63, 3.8) is 0 Å². The summed E-state index contributed by atoms with van der Waals surface area (Å²) < 4.78 is 16.5. The highest BCUT2D eigenvalue weighted by Crippen LogP contribution is 2.32. The molecule has 0 radical (unpaired) electrons. The summed E-state index contributed by atoms with van der Waals surface area (Å²) in [5.41, 5.74) is 1.18. The predicted octanol–water partition coefficient (Wildman–Crippen LogP) is 3.32. The summed E-state index contributed by atoms with van der Waals surface area (Å²) in [5.74, 6) is 2.26. The molecule has 29 heavy (non-hydrogen) atoms. The number of piperazine rings is 1. The summed E-state index contributed by atoms with van der Waals surface area (Å²) in [4.78, 5) is 16.7. The Morgan fingerprint density at radius 3 is 2.59 bits per heavy atom. The third kappa shape index (κ3) is 5.05. The Kier molecular flexibility index (Phi) is 5.97. The number of hydrogen-bond donors (Lipinski definition) is 1. The van der Waals surface area contributed by atoms with Crippen LogP contribution in [0, 0.1) is 0 Å². The second-order valence-electron chi connectivity index (χ2n) is 7.11. The molecular formula is C21H24ClN3O4. The van der Waals surface area contributed by atoms with Crippen molar-refractivity contribution in [3.05, 3.63) is 53.1 Å². The molecule has 1 saturated heterocycles. The van der Waals surface area contributed by atoms with Crippen molar-refractivity contribution >= 4 is 17.6 Å². The normalized spacial score (nSPS) is 17.1. The van der Waals surface area contributed by atoms with E-state index in [9.17, 15) is 4.79 Å². The van der Waals surface area contributed by atoms with E-state index in [0.717, 1.165) is 31.1 Å². The SMILES string of the molecule is CC(NC(=O)N1CCN(Cc2ccc3c(c2)OCO3)CC1)Oc1ccc(Cl)cc1. The quantitative estimate of drug-likeness (QED) is 0.756. The van der Waals surface area contributed by atoms with Crippen molar-refractivity contribution in [1.82, 2.24) is 15.1 Å². The summed E-state index contributed by atoms with van der Waals surface area (Å²) in [7, 11) is 0. The van der Waals surface area contributed by atoms with Gasteiger partial charge in [-0.15, -0.1) is 0 Å². The van der Waals surface area contributed by atoms with Crippen LogP contribution in [-0.4, -0.2) is 55.0 Å². The number of nitrogens with zero attached hydrogens (tertiary/aromatic N) is 2. The van der Waals surface area contributed by atoms with Crippen LogP contribution in [0.15, 0.2) is 42.5 Å². The number of carbonyl (C=O) groups is 1. The van der Waals surface area contributed by atoms with Crippen molar-refractivity contribution in [3.8, 4) is 17.2 Å². The molecule has 154 valence electrons. The Morgan fingerprint density at radius 1 is 1.10 bits per heavy atom. The lowest BCUT2D eigenvalue weighted by Gasteiger charge is -2.35. The summed E-state index contributed by atoms with van der Waals surface area (Å²) in [6.45, 7) is 5.88. The van der Waals surface area contributed by atoms with Crippen LogP contribution in [0.2, 0.25) is 5.02 Å². The van der Waals surface area contributed by atoms with Gasteiger partial charge < -0.3 is 24.4 Å². The average Bonchev–Trinajstić information content (AvgIpc) is 3.18. The zero-order valence-corrected chi connectivity index (χ0v) is 17.0. The van der Waals surface area contributed by atoms with Gasteiger partial charge in [-0.1, -0.05) is 17.7 Å². The van der Waals surface area contributed by atoms with Crippen molar-refractivity contribution in [2.45, 2.75) is 19.7 Å². The summed E-state index contributed by atoms with van der Waals surface area (Å²) in [5, 5.41) is 3.53. The highest BCUT2D eigenvalue weighted by molar-refractivity contribution is 6.30. The third-order valence-corrected chi connectivity index (χ3v) is 5.21. The minimum Gasteiger partial charge on any atom is -0.471 e. The number of halogens is 1. The van der Waals surface area contributed by atoms with E-state index in [0.29, 0.717) is 23.9 Å². The molecule has 1 atom stereocenters. The van der Waals surface area contributed by atoms with Crippen LogP contribution in [0.5, 0.6) is 17.2 Å². The Hall–Kier alpha value is -2.64. The Balaban J connectivity index is 1.22. The molecule has 0 saturated carbocycles. The van der Waals surface area contributed by atoms with Crippen molar-refractivity contribution in [1.29, 1.82) is 0 Å². The van der Waals surface area contributed by atoms with Gasteiger partial charge in [-0.05, 0) is 48.9 Å². The molecule has 1 unspecified atom stereocenters. The molecule has 0 aromatic heterocycles. The van der Waals surface area contributed by atoms with E-state index < -0.39 is 6.23 Å². The van der Waals surface area contributed by atoms with Crippen LogP contribution in [0.4, 0.5) is 4.79 Å².